The maximum absolute atomic E-state index is 13.0. The van der Waals surface area contributed by atoms with E-state index < -0.39 is 15.6 Å². The first kappa shape index (κ1) is 27.4. The smallest absolute Gasteiger partial charge is 0.242 e. The van der Waals surface area contributed by atoms with E-state index in [-0.39, 0.29) is 4.90 Å². The zero-order valence-corrected chi connectivity index (χ0v) is 23.6. The molecule has 5 rings (SSSR count). The van der Waals surface area contributed by atoms with Crippen LogP contribution in [0.2, 0.25) is 0 Å². The number of nitrogens with one attached hydrogen (secondary N) is 2. The summed E-state index contributed by atoms with van der Waals surface area (Å²) < 4.78 is 28.7. The van der Waals surface area contributed by atoms with Gasteiger partial charge in [-0.15, -0.1) is 0 Å². The Bertz CT molecular complexity index is 1660. The molecule has 0 radical (unpaired) electrons. The van der Waals surface area contributed by atoms with Crippen LogP contribution in [-0.2, 0) is 29.5 Å². The van der Waals surface area contributed by atoms with Crippen LogP contribution in [0.1, 0.15) is 43.2 Å². The Morgan fingerprint density at radius 3 is 2.50 bits per heavy atom. The molecule has 40 heavy (non-hydrogen) atoms. The molecule has 0 saturated heterocycles. The van der Waals surface area contributed by atoms with Crippen LogP contribution >= 0.6 is 0 Å². The Labute approximate surface area is 235 Å². The third-order valence-corrected chi connectivity index (χ3v) is 7.99. The maximum atomic E-state index is 13.0. The SMILES string of the molecule is CC(C)(C)NS(=O)(=O)c1cncc(C2=NCc3cccc(-c4ccccc4)c3CC(=NCc3ccccn3)N2)c1. The number of aliphatic imine (C=N–C) groups is 2. The van der Waals surface area contributed by atoms with Crippen molar-refractivity contribution in [2.24, 2.45) is 9.98 Å². The van der Waals surface area contributed by atoms with Gasteiger partial charge < -0.3 is 5.32 Å². The quantitative estimate of drug-likeness (QED) is 0.353. The van der Waals surface area contributed by atoms with Crippen molar-refractivity contribution in [3.8, 4) is 11.1 Å². The molecule has 0 aliphatic carbocycles. The summed E-state index contributed by atoms with van der Waals surface area (Å²) in [6, 6.07) is 23.9. The fourth-order valence-electron chi connectivity index (χ4n) is 4.52. The van der Waals surface area contributed by atoms with Crippen LogP contribution in [0.25, 0.3) is 11.1 Å². The van der Waals surface area contributed by atoms with Gasteiger partial charge in [0.05, 0.1) is 18.8 Å². The van der Waals surface area contributed by atoms with Crippen LogP contribution in [0, 0.1) is 0 Å². The number of aromatic nitrogens is 2. The molecule has 0 bridgehead atoms. The van der Waals surface area contributed by atoms with Gasteiger partial charge in [0.15, 0.2) is 0 Å². The fraction of sp³-hybridized carbons (Fsp3) is 0.226. The Balaban J connectivity index is 1.57. The molecule has 0 spiro atoms. The maximum Gasteiger partial charge on any atom is 0.242 e. The van der Waals surface area contributed by atoms with Gasteiger partial charge in [0, 0.05) is 36.1 Å². The predicted molar refractivity (Wildman–Crippen MR) is 159 cm³/mol. The average molecular weight is 553 g/mol. The minimum atomic E-state index is -3.77. The van der Waals surface area contributed by atoms with Crippen LogP contribution in [0.15, 0.2) is 106 Å². The Hall–Kier alpha value is -4.21. The van der Waals surface area contributed by atoms with Crippen molar-refractivity contribution >= 4 is 21.7 Å². The van der Waals surface area contributed by atoms with E-state index in [0.29, 0.717) is 36.7 Å². The first-order chi connectivity index (χ1) is 19.2. The lowest BCUT2D eigenvalue weighted by molar-refractivity contribution is 0.491. The number of sulfonamides is 1. The van der Waals surface area contributed by atoms with Gasteiger partial charge in [-0.25, -0.2) is 13.1 Å². The monoisotopic (exact) mass is 552 g/mol. The van der Waals surface area contributed by atoms with Gasteiger partial charge in [-0.2, -0.15) is 0 Å². The standard InChI is InChI=1S/C31H32N6O2S/c1-31(2,3)37-40(38,39)26-16-24(18-32-21-26)30-35-19-23-12-9-14-27(22-10-5-4-6-11-22)28(23)17-29(36-30)34-20-25-13-7-8-15-33-25/h4-16,18,21,37H,17,19-20H2,1-3H3,(H,34,35,36). The van der Waals surface area contributed by atoms with Gasteiger partial charge >= 0.3 is 0 Å². The molecule has 0 unspecified atom stereocenters. The average Bonchev–Trinajstić information content (AvgIpc) is 2.92. The molecule has 2 N–H and O–H groups in total. The Morgan fingerprint density at radius 1 is 0.950 bits per heavy atom. The molecule has 0 fully saturated rings. The molecule has 0 saturated carbocycles. The summed E-state index contributed by atoms with van der Waals surface area (Å²) >= 11 is 0. The normalized spacial score (nSPS) is 15.0. The summed E-state index contributed by atoms with van der Waals surface area (Å²) in [5.74, 6) is 1.21. The fourth-order valence-corrected chi connectivity index (χ4v) is 5.92. The van der Waals surface area contributed by atoms with Crippen LogP contribution in [-0.4, -0.2) is 35.6 Å². The number of fused-ring (bicyclic) bond motifs is 1. The van der Waals surface area contributed by atoms with E-state index in [0.717, 1.165) is 27.9 Å². The molecule has 0 amide bonds. The summed E-state index contributed by atoms with van der Waals surface area (Å²) in [5, 5.41) is 3.41. The molecular weight excluding hydrogens is 520 g/mol. The van der Waals surface area contributed by atoms with Gasteiger partial charge in [0.1, 0.15) is 16.6 Å². The minimum Gasteiger partial charge on any atom is -0.328 e. The van der Waals surface area contributed by atoms with Crippen LogP contribution in [0.5, 0.6) is 0 Å². The second-order valence-electron chi connectivity index (χ2n) is 10.6. The van der Waals surface area contributed by atoms with E-state index >= 15 is 0 Å². The summed E-state index contributed by atoms with van der Waals surface area (Å²) in [5.41, 5.74) is 5.26. The number of amidine groups is 2. The lowest BCUT2D eigenvalue weighted by Gasteiger charge is -2.22. The van der Waals surface area contributed by atoms with Gasteiger partial charge in [-0.1, -0.05) is 54.6 Å². The number of benzene rings is 2. The second kappa shape index (κ2) is 11.5. The Morgan fingerprint density at radius 2 is 1.75 bits per heavy atom. The largest absolute Gasteiger partial charge is 0.328 e. The van der Waals surface area contributed by atoms with Crippen molar-refractivity contribution in [3.05, 3.63) is 114 Å². The number of pyridine rings is 2. The Kier molecular flexibility index (Phi) is 7.86. The van der Waals surface area contributed by atoms with E-state index in [9.17, 15) is 8.42 Å². The van der Waals surface area contributed by atoms with Crippen LogP contribution in [0.4, 0.5) is 0 Å². The molecule has 4 aromatic rings. The van der Waals surface area contributed by atoms with Crippen molar-refractivity contribution in [3.63, 3.8) is 0 Å². The van der Waals surface area contributed by atoms with E-state index in [4.69, 9.17) is 9.98 Å². The van der Waals surface area contributed by atoms with Gasteiger partial charge in [0.2, 0.25) is 10.0 Å². The first-order valence-electron chi connectivity index (χ1n) is 13.1. The summed E-state index contributed by atoms with van der Waals surface area (Å²) in [7, 11) is -3.77. The minimum absolute atomic E-state index is 0.0743. The molecule has 1 aliphatic rings. The van der Waals surface area contributed by atoms with E-state index in [1.165, 1.54) is 6.20 Å². The van der Waals surface area contributed by atoms with Gasteiger partial charge in [0.25, 0.3) is 0 Å². The lowest BCUT2D eigenvalue weighted by atomic mass is 9.92. The molecule has 3 heterocycles. The number of hydrogen-bond acceptors (Lipinski definition) is 6. The van der Waals surface area contributed by atoms with E-state index in [1.807, 2.05) is 42.5 Å². The summed E-state index contributed by atoms with van der Waals surface area (Å²) in [6.45, 7) is 6.21. The third-order valence-electron chi connectivity index (χ3n) is 6.27. The molecule has 2 aromatic carbocycles. The van der Waals surface area contributed by atoms with Crippen molar-refractivity contribution < 1.29 is 8.42 Å². The highest BCUT2D eigenvalue weighted by Gasteiger charge is 2.24. The molecule has 204 valence electrons. The van der Waals surface area contributed by atoms with E-state index in [2.05, 4.69) is 44.3 Å². The molecule has 2 aromatic heterocycles. The van der Waals surface area contributed by atoms with Gasteiger partial charge in [-0.05, 0) is 61.2 Å². The predicted octanol–water partition coefficient (Wildman–Crippen LogP) is 4.91. The van der Waals surface area contributed by atoms with Gasteiger partial charge in [-0.3, -0.25) is 20.0 Å². The van der Waals surface area contributed by atoms with Crippen molar-refractivity contribution in [2.45, 2.75) is 50.7 Å². The van der Waals surface area contributed by atoms with Crippen molar-refractivity contribution in [2.75, 3.05) is 0 Å². The topological polar surface area (TPSA) is 109 Å². The van der Waals surface area contributed by atoms with Crippen molar-refractivity contribution in [1.82, 2.24) is 20.0 Å². The number of rotatable bonds is 6. The van der Waals surface area contributed by atoms with Crippen molar-refractivity contribution in [1.29, 1.82) is 0 Å². The van der Waals surface area contributed by atoms with Crippen LogP contribution < -0.4 is 10.0 Å². The summed E-state index contributed by atoms with van der Waals surface area (Å²) in [6.07, 6.45) is 5.25. The lowest BCUT2D eigenvalue weighted by Crippen LogP contribution is -2.40. The molecule has 9 heteroatoms. The first-order valence-corrected chi connectivity index (χ1v) is 14.6. The molecule has 0 atom stereocenters. The van der Waals surface area contributed by atoms with Crippen LogP contribution in [0.3, 0.4) is 0 Å². The highest BCUT2D eigenvalue weighted by molar-refractivity contribution is 7.89. The zero-order valence-electron chi connectivity index (χ0n) is 22.8. The second-order valence-corrected chi connectivity index (χ2v) is 12.3. The summed E-state index contributed by atoms with van der Waals surface area (Å²) in [4.78, 5) is 18.5. The molecule has 1 aliphatic heterocycles. The third kappa shape index (κ3) is 6.67. The number of nitrogens with zero attached hydrogens (tertiary/aromatic N) is 4. The molecule has 8 nitrogen and oxygen atoms in total. The molecular formula is C31H32N6O2S. The zero-order chi connectivity index (χ0) is 28.2. The number of hydrogen-bond donors (Lipinski definition) is 2. The van der Waals surface area contributed by atoms with E-state index in [1.54, 1.807) is 39.2 Å². The highest BCUT2D eigenvalue weighted by Crippen LogP contribution is 2.28. The highest BCUT2D eigenvalue weighted by atomic mass is 32.2.